The molecule has 6 nitrogen and oxygen atoms in total. The molecule has 1 aromatic carbocycles. The molecule has 0 radical (unpaired) electrons. The number of anilines is 1. The van der Waals surface area contributed by atoms with Crippen molar-refractivity contribution in [2.24, 2.45) is 0 Å². The van der Waals surface area contributed by atoms with Crippen molar-refractivity contribution in [3.63, 3.8) is 0 Å². The molecule has 0 aromatic heterocycles. The molecule has 2 amide bonds. The maximum atomic E-state index is 12.1. The van der Waals surface area contributed by atoms with E-state index in [1.807, 2.05) is 24.3 Å². The van der Waals surface area contributed by atoms with E-state index in [0.29, 0.717) is 11.6 Å². The van der Waals surface area contributed by atoms with E-state index in [1.165, 1.54) is 17.6 Å². The van der Waals surface area contributed by atoms with Crippen LogP contribution in [0, 0.1) is 0 Å². The fraction of sp³-hybridized carbons (Fsp3) is 0.467. The highest BCUT2D eigenvalue weighted by atomic mass is 16.5. The molecule has 0 aliphatic carbocycles. The predicted octanol–water partition coefficient (Wildman–Crippen LogP) is 2.37. The number of benzene rings is 1. The van der Waals surface area contributed by atoms with E-state index in [1.54, 1.807) is 0 Å². The first-order valence-electron chi connectivity index (χ1n) is 6.80. The Bertz CT molecular complexity index is 471. The Hall–Kier alpha value is -2.08. The molecule has 1 aromatic rings. The number of methoxy groups -OCH3 is 1. The Kier molecular flexibility index (Phi) is 6.68. The van der Waals surface area contributed by atoms with Gasteiger partial charge in [-0.15, -0.1) is 0 Å². The van der Waals surface area contributed by atoms with Crippen molar-refractivity contribution in [2.45, 2.75) is 19.8 Å². The van der Waals surface area contributed by atoms with E-state index in [9.17, 15) is 9.59 Å². The van der Waals surface area contributed by atoms with Gasteiger partial charge in [0.2, 0.25) is 0 Å². The summed E-state index contributed by atoms with van der Waals surface area (Å²) in [6.45, 7) is 4.32. The topological polar surface area (TPSA) is 78.9 Å². The second kappa shape index (κ2) is 8.26. The number of urea groups is 1. The van der Waals surface area contributed by atoms with E-state index >= 15 is 0 Å². The van der Waals surface area contributed by atoms with Gasteiger partial charge in [0.25, 0.3) is 0 Å². The zero-order valence-electron chi connectivity index (χ0n) is 12.6. The highest BCUT2D eigenvalue weighted by Gasteiger charge is 2.16. The van der Waals surface area contributed by atoms with E-state index < -0.39 is 12.0 Å². The quantitative estimate of drug-likeness (QED) is 0.809. The summed E-state index contributed by atoms with van der Waals surface area (Å²) in [5, 5.41) is 11.5. The van der Waals surface area contributed by atoms with Crippen molar-refractivity contribution in [1.82, 2.24) is 4.90 Å². The molecule has 116 valence electrons. The third-order valence-corrected chi connectivity index (χ3v) is 3.01. The van der Waals surface area contributed by atoms with E-state index in [2.05, 4.69) is 19.2 Å². The summed E-state index contributed by atoms with van der Waals surface area (Å²) in [4.78, 5) is 24.1. The fourth-order valence-electron chi connectivity index (χ4n) is 1.77. The number of hydrogen-bond donors (Lipinski definition) is 2. The van der Waals surface area contributed by atoms with Gasteiger partial charge in [-0.05, 0) is 23.6 Å². The molecule has 1 rings (SSSR count). The van der Waals surface area contributed by atoms with Crippen molar-refractivity contribution in [2.75, 3.05) is 32.1 Å². The molecule has 0 bridgehead atoms. The largest absolute Gasteiger partial charge is 0.480 e. The molecule has 2 N–H and O–H groups in total. The van der Waals surface area contributed by atoms with Gasteiger partial charge in [0.05, 0.1) is 6.61 Å². The predicted molar refractivity (Wildman–Crippen MR) is 80.6 cm³/mol. The van der Waals surface area contributed by atoms with Crippen molar-refractivity contribution in [1.29, 1.82) is 0 Å². The van der Waals surface area contributed by atoms with Crippen LogP contribution in [0.4, 0.5) is 10.5 Å². The van der Waals surface area contributed by atoms with Gasteiger partial charge in [-0.2, -0.15) is 0 Å². The molecule has 0 fully saturated rings. The number of rotatable bonds is 7. The SMILES string of the molecule is COCCN(CC(=O)O)C(=O)Nc1ccc(C(C)C)cc1. The van der Waals surface area contributed by atoms with Crippen molar-refractivity contribution < 1.29 is 19.4 Å². The van der Waals surface area contributed by atoms with Crippen LogP contribution in [0.15, 0.2) is 24.3 Å². The molecule has 0 spiro atoms. The molecule has 0 atom stereocenters. The molecule has 0 aliphatic rings. The molecule has 21 heavy (non-hydrogen) atoms. The molecule has 6 heteroatoms. The number of hydrogen-bond acceptors (Lipinski definition) is 3. The Morgan fingerprint density at radius 1 is 1.29 bits per heavy atom. The van der Waals surface area contributed by atoms with Crippen LogP contribution in [0.5, 0.6) is 0 Å². The minimum absolute atomic E-state index is 0.221. The number of carboxylic acids is 1. The number of carbonyl (C=O) groups excluding carboxylic acids is 1. The fourth-order valence-corrected chi connectivity index (χ4v) is 1.77. The van der Waals surface area contributed by atoms with Crippen molar-refractivity contribution >= 4 is 17.7 Å². The van der Waals surface area contributed by atoms with E-state index in [4.69, 9.17) is 9.84 Å². The van der Waals surface area contributed by atoms with Crippen molar-refractivity contribution in [3.05, 3.63) is 29.8 Å². The number of carboxylic acid groups (broad SMARTS) is 1. The zero-order valence-corrected chi connectivity index (χ0v) is 12.6. The third-order valence-electron chi connectivity index (χ3n) is 3.01. The Morgan fingerprint density at radius 3 is 2.38 bits per heavy atom. The van der Waals surface area contributed by atoms with Gasteiger partial charge in [-0.25, -0.2) is 4.79 Å². The van der Waals surface area contributed by atoms with Crippen molar-refractivity contribution in [3.8, 4) is 0 Å². The summed E-state index contributed by atoms with van der Waals surface area (Å²) in [7, 11) is 1.50. The van der Waals surface area contributed by atoms with E-state index in [-0.39, 0.29) is 19.7 Å². The summed E-state index contributed by atoms with van der Waals surface area (Å²) in [6, 6.07) is 7.05. The average Bonchev–Trinajstić information content (AvgIpc) is 2.43. The standard InChI is InChI=1S/C15H22N2O4/c1-11(2)12-4-6-13(7-5-12)16-15(20)17(8-9-21-3)10-14(18)19/h4-7,11H,8-10H2,1-3H3,(H,16,20)(H,18,19). The zero-order chi connectivity index (χ0) is 15.8. The first-order chi connectivity index (χ1) is 9.93. The molecule has 0 heterocycles. The average molecular weight is 294 g/mol. The molecule has 0 saturated carbocycles. The van der Waals surface area contributed by atoms with Crippen LogP contribution in [0.25, 0.3) is 0 Å². The number of ether oxygens (including phenoxy) is 1. The molecular weight excluding hydrogens is 272 g/mol. The van der Waals surface area contributed by atoms with Gasteiger partial charge < -0.3 is 20.1 Å². The normalized spacial score (nSPS) is 10.5. The monoisotopic (exact) mass is 294 g/mol. The van der Waals surface area contributed by atoms with E-state index in [0.717, 1.165) is 0 Å². The maximum Gasteiger partial charge on any atom is 0.323 e. The number of aliphatic carboxylic acids is 1. The molecule has 0 saturated heterocycles. The minimum Gasteiger partial charge on any atom is -0.480 e. The molecule has 0 aliphatic heterocycles. The van der Waals surface area contributed by atoms with Crippen LogP contribution >= 0.6 is 0 Å². The Morgan fingerprint density at radius 2 is 1.90 bits per heavy atom. The van der Waals surface area contributed by atoms with Crippen LogP contribution in [-0.4, -0.2) is 48.8 Å². The van der Waals surface area contributed by atoms with Gasteiger partial charge in [0, 0.05) is 19.3 Å². The Balaban J connectivity index is 2.68. The summed E-state index contributed by atoms with van der Waals surface area (Å²) < 4.78 is 4.88. The summed E-state index contributed by atoms with van der Waals surface area (Å²) >= 11 is 0. The van der Waals surface area contributed by atoms with Crippen LogP contribution in [0.3, 0.4) is 0 Å². The lowest BCUT2D eigenvalue weighted by molar-refractivity contribution is -0.137. The smallest absolute Gasteiger partial charge is 0.323 e. The number of nitrogens with one attached hydrogen (secondary N) is 1. The summed E-state index contributed by atoms with van der Waals surface area (Å²) in [6.07, 6.45) is 0. The second-order valence-corrected chi connectivity index (χ2v) is 5.01. The first kappa shape index (κ1) is 17.0. The third kappa shape index (κ3) is 5.83. The van der Waals surface area contributed by atoms with Crippen LogP contribution < -0.4 is 5.32 Å². The van der Waals surface area contributed by atoms with Gasteiger partial charge >= 0.3 is 12.0 Å². The van der Waals surface area contributed by atoms with Crippen LogP contribution in [-0.2, 0) is 9.53 Å². The Labute approximate surface area is 124 Å². The van der Waals surface area contributed by atoms with Gasteiger partial charge in [0.15, 0.2) is 0 Å². The maximum absolute atomic E-state index is 12.1. The lowest BCUT2D eigenvalue weighted by Gasteiger charge is -2.21. The second-order valence-electron chi connectivity index (χ2n) is 5.01. The van der Waals surface area contributed by atoms with Gasteiger partial charge in [-0.1, -0.05) is 26.0 Å². The number of nitrogens with zero attached hydrogens (tertiary/aromatic N) is 1. The number of carbonyl (C=O) groups is 2. The van der Waals surface area contributed by atoms with Gasteiger partial charge in [-0.3, -0.25) is 4.79 Å². The summed E-state index contributed by atoms with van der Waals surface area (Å²) in [5.74, 6) is -0.642. The molecular formula is C15H22N2O4. The van der Waals surface area contributed by atoms with Gasteiger partial charge in [0.1, 0.15) is 6.54 Å². The van der Waals surface area contributed by atoms with Crippen LogP contribution in [0.1, 0.15) is 25.3 Å². The highest BCUT2D eigenvalue weighted by molar-refractivity contribution is 5.91. The summed E-state index contributed by atoms with van der Waals surface area (Å²) in [5.41, 5.74) is 1.81. The highest BCUT2D eigenvalue weighted by Crippen LogP contribution is 2.17. The van der Waals surface area contributed by atoms with Crippen LogP contribution in [0.2, 0.25) is 0 Å². The number of amides is 2. The lowest BCUT2D eigenvalue weighted by Crippen LogP contribution is -2.40. The molecule has 0 unspecified atom stereocenters. The lowest BCUT2D eigenvalue weighted by atomic mass is 10.0. The minimum atomic E-state index is -1.06. The first-order valence-corrected chi connectivity index (χ1v) is 6.80.